The Bertz CT molecular complexity index is 817. The van der Waals surface area contributed by atoms with Crippen LogP contribution in [0.5, 0.6) is 5.75 Å². The van der Waals surface area contributed by atoms with E-state index >= 15 is 0 Å². The van der Waals surface area contributed by atoms with Crippen LogP contribution in [0.3, 0.4) is 0 Å². The zero-order valence-electron chi connectivity index (χ0n) is 17.1. The zero-order chi connectivity index (χ0) is 20.6. The number of hydrogen-bond acceptors (Lipinski definition) is 4. The van der Waals surface area contributed by atoms with Gasteiger partial charge in [-0.1, -0.05) is 42.5 Å². The third kappa shape index (κ3) is 5.50. The van der Waals surface area contributed by atoms with Crippen molar-refractivity contribution in [2.75, 3.05) is 37.7 Å². The predicted octanol–water partition coefficient (Wildman–Crippen LogP) is 2.48. The summed E-state index contributed by atoms with van der Waals surface area (Å²) in [5.74, 6) is 0.653. The lowest BCUT2D eigenvalue weighted by Gasteiger charge is -2.38. The van der Waals surface area contributed by atoms with Crippen LogP contribution in [0.25, 0.3) is 0 Å². The molecule has 0 saturated carbocycles. The molecule has 2 amide bonds. The first-order chi connectivity index (χ1) is 14.1. The first kappa shape index (κ1) is 20.7. The molecular formula is C23H29N3O3. The topological polar surface area (TPSA) is 61.9 Å². The molecule has 2 aromatic rings. The van der Waals surface area contributed by atoms with Crippen LogP contribution in [0.1, 0.15) is 19.4 Å². The number of nitrogens with one attached hydrogen (secondary N) is 1. The van der Waals surface area contributed by atoms with Crippen molar-refractivity contribution in [1.29, 1.82) is 0 Å². The normalized spacial score (nSPS) is 15.0. The number of carbonyl (C=O) groups excluding carboxylic acids is 2. The van der Waals surface area contributed by atoms with E-state index in [1.54, 1.807) is 0 Å². The maximum atomic E-state index is 13.1. The van der Waals surface area contributed by atoms with E-state index in [0.29, 0.717) is 26.1 Å². The SMILES string of the molecule is CCOc1ccccc1N1CCN(C(=O)C(Cc2ccccc2)NC(C)=O)CC1. The fraction of sp³-hybridized carbons (Fsp3) is 0.391. The number of rotatable bonds is 7. The average Bonchev–Trinajstić information content (AvgIpc) is 2.74. The summed E-state index contributed by atoms with van der Waals surface area (Å²) in [4.78, 5) is 28.9. The van der Waals surface area contributed by atoms with Crippen LogP contribution in [0.15, 0.2) is 54.6 Å². The van der Waals surface area contributed by atoms with Gasteiger partial charge in [-0.05, 0) is 24.6 Å². The highest BCUT2D eigenvalue weighted by atomic mass is 16.5. The Morgan fingerprint density at radius 3 is 2.31 bits per heavy atom. The van der Waals surface area contributed by atoms with Gasteiger partial charge in [0.05, 0.1) is 12.3 Å². The molecule has 1 heterocycles. The van der Waals surface area contributed by atoms with Crippen molar-refractivity contribution < 1.29 is 14.3 Å². The highest BCUT2D eigenvalue weighted by Gasteiger charge is 2.29. The lowest BCUT2D eigenvalue weighted by molar-refractivity contribution is -0.136. The molecule has 154 valence electrons. The number of ether oxygens (including phenoxy) is 1. The van der Waals surface area contributed by atoms with Gasteiger partial charge in [0.25, 0.3) is 0 Å². The first-order valence-electron chi connectivity index (χ1n) is 10.1. The number of amides is 2. The van der Waals surface area contributed by atoms with Crippen LogP contribution in [-0.4, -0.2) is 55.5 Å². The maximum Gasteiger partial charge on any atom is 0.245 e. The van der Waals surface area contributed by atoms with Gasteiger partial charge >= 0.3 is 0 Å². The van der Waals surface area contributed by atoms with Crippen LogP contribution in [0.2, 0.25) is 0 Å². The van der Waals surface area contributed by atoms with Gasteiger partial charge in [0.2, 0.25) is 11.8 Å². The fourth-order valence-corrected chi connectivity index (χ4v) is 3.68. The summed E-state index contributed by atoms with van der Waals surface area (Å²) in [5, 5.41) is 2.83. The maximum absolute atomic E-state index is 13.1. The number of anilines is 1. The average molecular weight is 396 g/mol. The number of piperazine rings is 1. The molecule has 0 radical (unpaired) electrons. The Morgan fingerprint density at radius 1 is 1.00 bits per heavy atom. The van der Waals surface area contributed by atoms with Crippen LogP contribution in [0.4, 0.5) is 5.69 Å². The Hall–Kier alpha value is -3.02. The summed E-state index contributed by atoms with van der Waals surface area (Å²) in [6.07, 6.45) is 0.493. The van der Waals surface area contributed by atoms with Crippen molar-refractivity contribution in [3.63, 3.8) is 0 Å². The second-order valence-electron chi connectivity index (χ2n) is 7.16. The van der Waals surface area contributed by atoms with Gasteiger partial charge < -0.3 is 19.9 Å². The number of nitrogens with zero attached hydrogens (tertiary/aromatic N) is 2. The van der Waals surface area contributed by atoms with E-state index in [0.717, 1.165) is 30.1 Å². The Morgan fingerprint density at radius 2 is 1.66 bits per heavy atom. The van der Waals surface area contributed by atoms with E-state index in [1.807, 2.05) is 60.4 Å². The van der Waals surface area contributed by atoms with Gasteiger partial charge in [0.1, 0.15) is 11.8 Å². The van der Waals surface area contributed by atoms with E-state index in [-0.39, 0.29) is 11.8 Å². The van der Waals surface area contributed by atoms with Gasteiger partial charge in [-0.3, -0.25) is 9.59 Å². The minimum atomic E-state index is -0.544. The van der Waals surface area contributed by atoms with Crippen LogP contribution < -0.4 is 15.0 Å². The van der Waals surface area contributed by atoms with Crippen molar-refractivity contribution in [3.8, 4) is 5.75 Å². The smallest absolute Gasteiger partial charge is 0.245 e. The lowest BCUT2D eigenvalue weighted by atomic mass is 10.0. The van der Waals surface area contributed by atoms with Gasteiger partial charge in [-0.25, -0.2) is 0 Å². The summed E-state index contributed by atoms with van der Waals surface area (Å²) in [5.41, 5.74) is 2.09. The lowest BCUT2D eigenvalue weighted by Crippen LogP contribution is -2.55. The Labute approximate surface area is 172 Å². The molecule has 1 unspecified atom stereocenters. The molecule has 1 N–H and O–H groups in total. The van der Waals surface area contributed by atoms with Crippen LogP contribution in [0, 0.1) is 0 Å². The molecule has 0 aliphatic carbocycles. The molecule has 2 aromatic carbocycles. The Balaban J connectivity index is 1.65. The molecular weight excluding hydrogens is 366 g/mol. The molecule has 3 rings (SSSR count). The van der Waals surface area contributed by atoms with Crippen molar-refractivity contribution in [2.45, 2.75) is 26.3 Å². The van der Waals surface area contributed by atoms with E-state index in [4.69, 9.17) is 4.74 Å². The predicted molar refractivity (Wildman–Crippen MR) is 114 cm³/mol. The molecule has 29 heavy (non-hydrogen) atoms. The molecule has 1 aliphatic rings. The highest BCUT2D eigenvalue weighted by molar-refractivity contribution is 5.87. The third-order valence-corrected chi connectivity index (χ3v) is 5.06. The Kier molecular flexibility index (Phi) is 7.11. The van der Waals surface area contributed by atoms with E-state index in [2.05, 4.69) is 16.3 Å². The van der Waals surface area contributed by atoms with Crippen LogP contribution >= 0.6 is 0 Å². The van der Waals surface area contributed by atoms with E-state index in [9.17, 15) is 9.59 Å². The first-order valence-corrected chi connectivity index (χ1v) is 10.1. The molecule has 1 aliphatic heterocycles. The molecule has 1 saturated heterocycles. The summed E-state index contributed by atoms with van der Waals surface area (Å²) in [7, 11) is 0. The van der Waals surface area contributed by atoms with E-state index in [1.165, 1.54) is 6.92 Å². The molecule has 0 spiro atoms. The minimum absolute atomic E-state index is 0.0261. The molecule has 1 atom stereocenters. The standard InChI is InChI=1S/C23H29N3O3/c1-3-29-22-12-8-7-11-21(22)25-13-15-26(16-14-25)23(28)20(24-18(2)27)17-19-9-5-4-6-10-19/h4-12,20H,3,13-17H2,1-2H3,(H,24,27). The monoisotopic (exact) mass is 395 g/mol. The molecule has 0 bridgehead atoms. The van der Waals surface area contributed by atoms with Crippen molar-refractivity contribution in [3.05, 3.63) is 60.2 Å². The van der Waals surface area contributed by atoms with E-state index < -0.39 is 6.04 Å². The number of benzene rings is 2. The fourth-order valence-electron chi connectivity index (χ4n) is 3.68. The molecule has 6 nitrogen and oxygen atoms in total. The quantitative estimate of drug-likeness (QED) is 0.782. The van der Waals surface area contributed by atoms with Gasteiger partial charge in [-0.2, -0.15) is 0 Å². The minimum Gasteiger partial charge on any atom is -0.492 e. The van der Waals surface area contributed by atoms with Gasteiger partial charge in [0, 0.05) is 39.5 Å². The highest BCUT2D eigenvalue weighted by Crippen LogP contribution is 2.28. The zero-order valence-corrected chi connectivity index (χ0v) is 17.1. The largest absolute Gasteiger partial charge is 0.492 e. The molecule has 6 heteroatoms. The third-order valence-electron chi connectivity index (χ3n) is 5.06. The number of hydrogen-bond donors (Lipinski definition) is 1. The summed E-state index contributed by atoms with van der Waals surface area (Å²) in [6, 6.07) is 17.2. The summed E-state index contributed by atoms with van der Waals surface area (Å²) in [6.45, 7) is 6.74. The van der Waals surface area contributed by atoms with Crippen molar-refractivity contribution in [1.82, 2.24) is 10.2 Å². The second kappa shape index (κ2) is 9.96. The summed E-state index contributed by atoms with van der Waals surface area (Å²) < 4.78 is 5.74. The number of para-hydroxylation sites is 2. The molecule has 1 fully saturated rings. The van der Waals surface area contributed by atoms with Gasteiger partial charge in [0.15, 0.2) is 0 Å². The van der Waals surface area contributed by atoms with Crippen molar-refractivity contribution in [2.24, 2.45) is 0 Å². The van der Waals surface area contributed by atoms with Gasteiger partial charge in [-0.15, -0.1) is 0 Å². The van der Waals surface area contributed by atoms with Crippen LogP contribution in [-0.2, 0) is 16.0 Å². The second-order valence-corrected chi connectivity index (χ2v) is 7.16. The number of carbonyl (C=O) groups is 2. The molecule has 0 aromatic heterocycles. The van der Waals surface area contributed by atoms with Crippen molar-refractivity contribution >= 4 is 17.5 Å². The summed E-state index contributed by atoms with van der Waals surface area (Å²) >= 11 is 0.